The van der Waals surface area contributed by atoms with Crippen LogP contribution < -0.4 is 4.90 Å². The van der Waals surface area contributed by atoms with Gasteiger partial charge in [0.1, 0.15) is 11.0 Å². The summed E-state index contributed by atoms with van der Waals surface area (Å²) < 4.78 is 36.9. The number of alkyl halides is 3. The summed E-state index contributed by atoms with van der Waals surface area (Å²) in [4.78, 5) is 17.1. The molecule has 0 N–H and O–H groups in total. The Bertz CT molecular complexity index is 533. The first-order chi connectivity index (χ1) is 9.74. The molecule has 1 fully saturated rings. The van der Waals surface area contributed by atoms with Crippen molar-refractivity contribution in [2.24, 2.45) is 0 Å². The van der Waals surface area contributed by atoms with Crippen LogP contribution in [-0.4, -0.2) is 53.7 Å². The molecule has 0 unspecified atom stereocenters. The molecule has 2 heterocycles. The summed E-state index contributed by atoms with van der Waals surface area (Å²) in [5.41, 5.74) is -0.192. The molecule has 1 aliphatic rings. The van der Waals surface area contributed by atoms with Gasteiger partial charge in [-0.25, -0.2) is 4.98 Å². The van der Waals surface area contributed by atoms with Gasteiger partial charge in [0.2, 0.25) is 0 Å². The van der Waals surface area contributed by atoms with Gasteiger partial charge < -0.3 is 4.90 Å². The van der Waals surface area contributed by atoms with E-state index >= 15 is 0 Å². The molecule has 0 amide bonds. The van der Waals surface area contributed by atoms with Gasteiger partial charge >= 0.3 is 6.18 Å². The summed E-state index contributed by atoms with van der Waals surface area (Å²) in [5.74, 6) is 0.306. The summed E-state index contributed by atoms with van der Waals surface area (Å²) in [6.07, 6.45) is -4.23. The zero-order chi connectivity index (χ0) is 15.6. The van der Waals surface area contributed by atoms with Crippen molar-refractivity contribution in [3.05, 3.63) is 27.4 Å². The zero-order valence-corrected chi connectivity index (χ0v) is 11.6. The minimum Gasteiger partial charge on any atom is -0.354 e. The van der Waals surface area contributed by atoms with Gasteiger partial charge in [-0.1, -0.05) is 11.6 Å². The van der Waals surface area contributed by atoms with E-state index in [0.29, 0.717) is 18.9 Å². The van der Waals surface area contributed by atoms with Crippen molar-refractivity contribution in [2.45, 2.75) is 6.18 Å². The lowest BCUT2D eigenvalue weighted by Gasteiger charge is -2.35. The summed E-state index contributed by atoms with van der Waals surface area (Å²) in [6.45, 7) is 0.0775. The third-order valence-corrected chi connectivity index (χ3v) is 3.27. The predicted molar refractivity (Wildman–Crippen MR) is 70.6 cm³/mol. The minimum absolute atomic E-state index is 0.0167. The van der Waals surface area contributed by atoms with Crippen LogP contribution in [0.2, 0.25) is 5.15 Å². The fraction of sp³-hybridized carbons (Fsp3) is 0.545. The number of nitro groups is 1. The highest BCUT2D eigenvalue weighted by molar-refractivity contribution is 6.29. The van der Waals surface area contributed by atoms with Crippen LogP contribution in [0.3, 0.4) is 0 Å². The van der Waals surface area contributed by atoms with Crippen molar-refractivity contribution in [1.82, 2.24) is 9.88 Å². The van der Waals surface area contributed by atoms with E-state index in [4.69, 9.17) is 11.6 Å². The molecule has 0 radical (unpaired) electrons. The third-order valence-electron chi connectivity index (χ3n) is 3.08. The van der Waals surface area contributed by atoms with Gasteiger partial charge in [0, 0.05) is 26.2 Å². The van der Waals surface area contributed by atoms with Gasteiger partial charge in [0.15, 0.2) is 0 Å². The van der Waals surface area contributed by atoms with Crippen LogP contribution >= 0.6 is 11.6 Å². The first-order valence-electron chi connectivity index (χ1n) is 6.10. The SMILES string of the molecule is O=[N+]([O-])c1cc(Cl)nc(N2CCN(CC(F)(F)F)CC2)c1. The van der Waals surface area contributed by atoms with E-state index in [0.717, 1.165) is 6.07 Å². The Balaban J connectivity index is 2.04. The van der Waals surface area contributed by atoms with Crippen LogP contribution in [0.1, 0.15) is 0 Å². The van der Waals surface area contributed by atoms with Crippen molar-refractivity contribution in [3.8, 4) is 0 Å². The molecule has 116 valence electrons. The maximum atomic E-state index is 12.3. The normalized spacial score (nSPS) is 17.0. The number of piperazine rings is 1. The van der Waals surface area contributed by atoms with Crippen molar-refractivity contribution in [1.29, 1.82) is 0 Å². The van der Waals surface area contributed by atoms with E-state index < -0.39 is 17.6 Å². The van der Waals surface area contributed by atoms with Gasteiger partial charge in [-0.2, -0.15) is 13.2 Å². The molecule has 0 spiro atoms. The molecule has 2 rings (SSSR count). The minimum atomic E-state index is -4.23. The average Bonchev–Trinajstić information content (AvgIpc) is 2.37. The summed E-state index contributed by atoms with van der Waals surface area (Å²) in [5, 5.41) is 10.7. The summed E-state index contributed by atoms with van der Waals surface area (Å²) >= 11 is 5.73. The topological polar surface area (TPSA) is 62.5 Å². The molecule has 1 aliphatic heterocycles. The fourth-order valence-electron chi connectivity index (χ4n) is 2.13. The summed E-state index contributed by atoms with van der Waals surface area (Å²) in [6, 6.07) is 2.40. The van der Waals surface area contributed by atoms with E-state index in [1.54, 1.807) is 4.90 Å². The van der Waals surface area contributed by atoms with Crippen LogP contribution in [-0.2, 0) is 0 Å². The largest absolute Gasteiger partial charge is 0.401 e. The van der Waals surface area contributed by atoms with Gasteiger partial charge in [0.05, 0.1) is 23.6 Å². The van der Waals surface area contributed by atoms with Crippen molar-refractivity contribution in [3.63, 3.8) is 0 Å². The number of pyridine rings is 1. The lowest BCUT2D eigenvalue weighted by atomic mass is 10.3. The van der Waals surface area contributed by atoms with E-state index in [9.17, 15) is 23.3 Å². The van der Waals surface area contributed by atoms with Gasteiger partial charge in [-0.05, 0) is 0 Å². The Morgan fingerprint density at radius 3 is 2.43 bits per heavy atom. The zero-order valence-electron chi connectivity index (χ0n) is 10.8. The fourth-order valence-corrected chi connectivity index (χ4v) is 2.32. The molecule has 10 heteroatoms. The van der Waals surface area contributed by atoms with Crippen molar-refractivity contribution in [2.75, 3.05) is 37.6 Å². The maximum Gasteiger partial charge on any atom is 0.401 e. The van der Waals surface area contributed by atoms with Gasteiger partial charge in [-0.3, -0.25) is 15.0 Å². The Kier molecular flexibility index (Phi) is 4.52. The Hall–Kier alpha value is -1.61. The molecule has 0 saturated carbocycles. The second-order valence-corrected chi connectivity index (χ2v) is 5.03. The number of nitrogens with zero attached hydrogens (tertiary/aromatic N) is 4. The number of hydrogen-bond donors (Lipinski definition) is 0. The van der Waals surface area contributed by atoms with Crippen LogP contribution in [0, 0.1) is 10.1 Å². The number of halogens is 4. The second-order valence-electron chi connectivity index (χ2n) is 4.64. The molecular formula is C11H12ClF3N4O2. The van der Waals surface area contributed by atoms with Crippen LogP contribution in [0.5, 0.6) is 0 Å². The Morgan fingerprint density at radius 2 is 1.90 bits per heavy atom. The molecule has 1 saturated heterocycles. The molecule has 6 nitrogen and oxygen atoms in total. The van der Waals surface area contributed by atoms with Crippen LogP contribution in [0.4, 0.5) is 24.7 Å². The highest BCUT2D eigenvalue weighted by Crippen LogP contribution is 2.25. The molecule has 0 bridgehead atoms. The highest BCUT2D eigenvalue weighted by atomic mass is 35.5. The Morgan fingerprint density at radius 1 is 1.29 bits per heavy atom. The third kappa shape index (κ3) is 4.43. The average molecular weight is 325 g/mol. The number of aromatic nitrogens is 1. The summed E-state index contributed by atoms with van der Waals surface area (Å²) in [7, 11) is 0. The monoisotopic (exact) mass is 324 g/mol. The predicted octanol–water partition coefficient (Wildman–Crippen LogP) is 2.33. The highest BCUT2D eigenvalue weighted by Gasteiger charge is 2.32. The number of hydrogen-bond acceptors (Lipinski definition) is 5. The van der Waals surface area contributed by atoms with Gasteiger partial charge in [0.25, 0.3) is 5.69 Å². The first kappa shape index (κ1) is 15.8. The molecule has 0 aliphatic carbocycles. The van der Waals surface area contributed by atoms with Crippen molar-refractivity contribution < 1.29 is 18.1 Å². The quantitative estimate of drug-likeness (QED) is 0.485. The first-order valence-corrected chi connectivity index (χ1v) is 6.48. The van der Waals surface area contributed by atoms with Crippen LogP contribution in [0.15, 0.2) is 12.1 Å². The lowest BCUT2D eigenvalue weighted by Crippen LogP contribution is -2.49. The number of rotatable bonds is 3. The number of anilines is 1. The molecule has 0 atom stereocenters. The smallest absolute Gasteiger partial charge is 0.354 e. The van der Waals surface area contributed by atoms with E-state index in [2.05, 4.69) is 4.98 Å². The van der Waals surface area contributed by atoms with Crippen LogP contribution in [0.25, 0.3) is 0 Å². The molecule has 1 aromatic heterocycles. The second kappa shape index (κ2) is 6.02. The molecule has 0 aromatic carbocycles. The Labute approximate surface area is 123 Å². The maximum absolute atomic E-state index is 12.3. The standard InChI is InChI=1S/C11H12ClF3N4O2/c12-9-5-8(19(20)21)6-10(16-9)18-3-1-17(2-4-18)7-11(13,14)15/h5-6H,1-4,7H2. The van der Waals surface area contributed by atoms with E-state index in [-0.39, 0.29) is 23.9 Å². The van der Waals surface area contributed by atoms with Crippen molar-refractivity contribution >= 4 is 23.1 Å². The molecule has 1 aromatic rings. The van der Waals surface area contributed by atoms with E-state index in [1.807, 2.05) is 0 Å². The molecule has 21 heavy (non-hydrogen) atoms. The lowest BCUT2D eigenvalue weighted by molar-refractivity contribution is -0.384. The van der Waals surface area contributed by atoms with E-state index in [1.165, 1.54) is 11.0 Å². The molecular weight excluding hydrogens is 313 g/mol. The van der Waals surface area contributed by atoms with Gasteiger partial charge in [-0.15, -0.1) is 0 Å².